The molecule has 1 N–H and O–H groups in total. The summed E-state index contributed by atoms with van der Waals surface area (Å²) in [6.45, 7) is 1.61. The molecule has 2 heterocycles. The quantitative estimate of drug-likeness (QED) is 0.896. The van der Waals surface area contributed by atoms with Crippen molar-refractivity contribution in [3.8, 4) is 5.75 Å². The Morgan fingerprint density at radius 1 is 1.39 bits per heavy atom. The van der Waals surface area contributed by atoms with Crippen LogP contribution in [0.3, 0.4) is 0 Å². The van der Waals surface area contributed by atoms with Crippen molar-refractivity contribution >= 4 is 0 Å². The number of fused-ring (bicyclic) bond motifs is 1. The second kappa shape index (κ2) is 4.82. The molecule has 1 aliphatic rings. The first-order chi connectivity index (χ1) is 8.84. The van der Waals surface area contributed by atoms with Crippen LogP contribution in [0.5, 0.6) is 5.75 Å². The fourth-order valence-electron chi connectivity index (χ4n) is 2.36. The molecule has 4 nitrogen and oxygen atoms in total. The second-order valence-electron chi connectivity index (χ2n) is 4.55. The van der Waals surface area contributed by atoms with E-state index < -0.39 is 0 Å². The van der Waals surface area contributed by atoms with Gasteiger partial charge in [0.25, 0.3) is 0 Å². The van der Waals surface area contributed by atoms with Gasteiger partial charge in [-0.2, -0.15) is 5.10 Å². The van der Waals surface area contributed by atoms with Crippen molar-refractivity contribution in [2.75, 3.05) is 6.61 Å². The molecule has 0 fully saturated rings. The fourth-order valence-corrected chi connectivity index (χ4v) is 2.36. The number of aromatic nitrogens is 2. The smallest absolute Gasteiger partial charge is 0.124 e. The monoisotopic (exact) mass is 243 g/mol. The van der Waals surface area contributed by atoms with Gasteiger partial charge in [-0.05, 0) is 12.1 Å². The lowest BCUT2D eigenvalue weighted by molar-refractivity contribution is 0.251. The van der Waals surface area contributed by atoms with Crippen molar-refractivity contribution in [3.63, 3.8) is 0 Å². The Kier molecular flexibility index (Phi) is 3.02. The van der Waals surface area contributed by atoms with E-state index in [4.69, 9.17) is 4.74 Å². The number of benzene rings is 1. The van der Waals surface area contributed by atoms with Crippen LogP contribution >= 0.6 is 0 Å². The Bertz CT molecular complexity index is 535. The SMILES string of the molecule is Cn1nccc1CNC1CCOc2ccccc21. The van der Waals surface area contributed by atoms with E-state index >= 15 is 0 Å². The van der Waals surface area contributed by atoms with Gasteiger partial charge in [0.2, 0.25) is 0 Å². The molecule has 0 bridgehead atoms. The molecule has 1 aromatic carbocycles. The summed E-state index contributed by atoms with van der Waals surface area (Å²) in [6, 6.07) is 10.7. The van der Waals surface area contributed by atoms with Crippen LogP contribution in [0.25, 0.3) is 0 Å². The van der Waals surface area contributed by atoms with Crippen LogP contribution in [0.15, 0.2) is 36.5 Å². The minimum absolute atomic E-state index is 0.366. The van der Waals surface area contributed by atoms with Gasteiger partial charge in [0, 0.05) is 37.8 Å². The van der Waals surface area contributed by atoms with Crippen LogP contribution in [0.2, 0.25) is 0 Å². The first-order valence-electron chi connectivity index (χ1n) is 6.26. The highest BCUT2D eigenvalue weighted by Crippen LogP contribution is 2.31. The van der Waals surface area contributed by atoms with Crippen LogP contribution in [0.1, 0.15) is 23.7 Å². The summed E-state index contributed by atoms with van der Waals surface area (Å²) < 4.78 is 7.56. The van der Waals surface area contributed by atoms with E-state index in [1.807, 2.05) is 36.1 Å². The molecular formula is C14H17N3O. The molecule has 1 atom stereocenters. The van der Waals surface area contributed by atoms with Crippen molar-refractivity contribution in [2.45, 2.75) is 19.0 Å². The van der Waals surface area contributed by atoms with E-state index in [0.717, 1.165) is 25.3 Å². The molecule has 1 aliphatic heterocycles. The zero-order valence-corrected chi connectivity index (χ0v) is 10.5. The molecule has 4 heteroatoms. The molecule has 18 heavy (non-hydrogen) atoms. The molecular weight excluding hydrogens is 226 g/mol. The van der Waals surface area contributed by atoms with Gasteiger partial charge >= 0.3 is 0 Å². The van der Waals surface area contributed by atoms with Crippen LogP contribution in [0, 0.1) is 0 Å². The highest BCUT2D eigenvalue weighted by Gasteiger charge is 2.20. The van der Waals surface area contributed by atoms with Crippen molar-refractivity contribution in [3.05, 3.63) is 47.8 Å². The molecule has 0 aliphatic carbocycles. The number of para-hydroxylation sites is 1. The summed E-state index contributed by atoms with van der Waals surface area (Å²) >= 11 is 0. The largest absolute Gasteiger partial charge is 0.493 e. The summed E-state index contributed by atoms with van der Waals surface area (Å²) in [5, 5.41) is 7.76. The maximum Gasteiger partial charge on any atom is 0.124 e. The number of ether oxygens (including phenoxy) is 1. The lowest BCUT2D eigenvalue weighted by atomic mass is 10.0. The summed E-state index contributed by atoms with van der Waals surface area (Å²) in [5.74, 6) is 1.01. The first kappa shape index (κ1) is 11.3. The maximum atomic E-state index is 5.66. The van der Waals surface area contributed by atoms with Crippen LogP contribution in [0.4, 0.5) is 0 Å². The van der Waals surface area contributed by atoms with E-state index in [0.29, 0.717) is 6.04 Å². The number of rotatable bonds is 3. The van der Waals surface area contributed by atoms with Crippen LogP contribution in [-0.2, 0) is 13.6 Å². The third-order valence-corrected chi connectivity index (χ3v) is 3.41. The third-order valence-electron chi connectivity index (χ3n) is 3.41. The molecule has 0 amide bonds. The van der Waals surface area contributed by atoms with E-state index in [9.17, 15) is 0 Å². The van der Waals surface area contributed by atoms with Gasteiger partial charge < -0.3 is 10.1 Å². The standard InChI is InChI=1S/C14H17N3O/c1-17-11(6-8-16-17)10-15-13-7-9-18-14-5-3-2-4-12(13)14/h2-6,8,13,15H,7,9-10H2,1H3. The van der Waals surface area contributed by atoms with Gasteiger partial charge in [-0.15, -0.1) is 0 Å². The Morgan fingerprint density at radius 2 is 2.28 bits per heavy atom. The number of hydrogen-bond donors (Lipinski definition) is 1. The minimum Gasteiger partial charge on any atom is -0.493 e. The Labute approximate surface area is 107 Å². The Hall–Kier alpha value is -1.81. The van der Waals surface area contributed by atoms with E-state index in [-0.39, 0.29) is 0 Å². The van der Waals surface area contributed by atoms with E-state index in [1.165, 1.54) is 11.3 Å². The van der Waals surface area contributed by atoms with Crippen molar-refractivity contribution in [2.24, 2.45) is 7.05 Å². The summed E-state index contributed by atoms with van der Waals surface area (Å²) in [4.78, 5) is 0. The molecule has 0 radical (unpaired) electrons. The number of hydrogen-bond acceptors (Lipinski definition) is 3. The Morgan fingerprint density at radius 3 is 3.11 bits per heavy atom. The number of nitrogens with zero attached hydrogens (tertiary/aromatic N) is 2. The lowest BCUT2D eigenvalue weighted by Crippen LogP contribution is -2.27. The molecule has 1 aromatic heterocycles. The number of nitrogens with one attached hydrogen (secondary N) is 1. The predicted molar refractivity (Wildman–Crippen MR) is 69.3 cm³/mol. The van der Waals surface area contributed by atoms with E-state index in [2.05, 4.69) is 22.5 Å². The van der Waals surface area contributed by atoms with Gasteiger partial charge in [0.05, 0.1) is 12.3 Å². The third kappa shape index (κ3) is 2.11. The van der Waals surface area contributed by atoms with Crippen LogP contribution in [-0.4, -0.2) is 16.4 Å². The minimum atomic E-state index is 0.366. The molecule has 1 unspecified atom stereocenters. The molecule has 0 saturated carbocycles. The molecule has 0 saturated heterocycles. The van der Waals surface area contributed by atoms with Crippen molar-refractivity contribution in [1.29, 1.82) is 0 Å². The fraction of sp³-hybridized carbons (Fsp3) is 0.357. The van der Waals surface area contributed by atoms with Crippen molar-refractivity contribution < 1.29 is 4.74 Å². The van der Waals surface area contributed by atoms with Crippen molar-refractivity contribution in [1.82, 2.24) is 15.1 Å². The lowest BCUT2D eigenvalue weighted by Gasteiger charge is -2.26. The Balaban J connectivity index is 1.73. The highest BCUT2D eigenvalue weighted by molar-refractivity contribution is 5.37. The molecule has 94 valence electrons. The van der Waals surface area contributed by atoms with Gasteiger partial charge in [0.15, 0.2) is 0 Å². The zero-order chi connectivity index (χ0) is 12.4. The normalized spacial score (nSPS) is 18.2. The summed E-state index contributed by atoms with van der Waals surface area (Å²) in [7, 11) is 1.97. The zero-order valence-electron chi connectivity index (χ0n) is 10.5. The second-order valence-corrected chi connectivity index (χ2v) is 4.55. The van der Waals surface area contributed by atoms with Gasteiger partial charge in [-0.25, -0.2) is 0 Å². The van der Waals surface area contributed by atoms with Gasteiger partial charge in [-0.3, -0.25) is 4.68 Å². The highest BCUT2D eigenvalue weighted by atomic mass is 16.5. The van der Waals surface area contributed by atoms with Gasteiger partial charge in [0.1, 0.15) is 5.75 Å². The molecule has 2 aromatic rings. The maximum absolute atomic E-state index is 5.66. The molecule has 3 rings (SSSR count). The average molecular weight is 243 g/mol. The summed E-state index contributed by atoms with van der Waals surface area (Å²) in [6.07, 6.45) is 2.84. The van der Waals surface area contributed by atoms with E-state index in [1.54, 1.807) is 0 Å². The summed E-state index contributed by atoms with van der Waals surface area (Å²) in [5.41, 5.74) is 2.45. The van der Waals surface area contributed by atoms with Crippen LogP contribution < -0.4 is 10.1 Å². The number of aryl methyl sites for hydroxylation is 1. The average Bonchev–Trinajstić information content (AvgIpc) is 2.82. The molecule has 0 spiro atoms. The van der Waals surface area contributed by atoms with Gasteiger partial charge in [-0.1, -0.05) is 18.2 Å². The predicted octanol–water partition coefficient (Wildman–Crippen LogP) is 2.03. The topological polar surface area (TPSA) is 39.1 Å². The first-order valence-corrected chi connectivity index (χ1v) is 6.26.